The Bertz CT molecular complexity index is 608. The van der Waals surface area contributed by atoms with Crippen molar-refractivity contribution in [1.82, 2.24) is 24.8 Å². The van der Waals surface area contributed by atoms with Gasteiger partial charge in [0.25, 0.3) is 0 Å². The second-order valence-electron chi connectivity index (χ2n) is 5.25. The molecular weight excluding hydrogens is 254 g/mol. The van der Waals surface area contributed by atoms with Gasteiger partial charge in [-0.05, 0) is 30.9 Å². The summed E-state index contributed by atoms with van der Waals surface area (Å²) in [7, 11) is 1.68. The number of carbonyl (C=O) groups excluding carboxylic acids is 1. The van der Waals surface area contributed by atoms with Gasteiger partial charge in [0.2, 0.25) is 0 Å². The summed E-state index contributed by atoms with van der Waals surface area (Å²) >= 11 is 0. The number of hydrogen-bond donors (Lipinski definition) is 1. The number of nitrogens with one attached hydrogen (secondary N) is 1. The molecule has 106 valence electrons. The SMILES string of the molecule is CNC(=O)N1CCCC(Cn2cnc3cccnc32)C1. The zero-order chi connectivity index (χ0) is 13.9. The van der Waals surface area contributed by atoms with Gasteiger partial charge in [0.15, 0.2) is 5.65 Å². The molecule has 1 N–H and O–H groups in total. The molecule has 20 heavy (non-hydrogen) atoms. The van der Waals surface area contributed by atoms with Crippen molar-refractivity contribution in [2.24, 2.45) is 5.92 Å². The minimum absolute atomic E-state index is 0.0170. The van der Waals surface area contributed by atoms with Gasteiger partial charge in [-0.2, -0.15) is 0 Å². The third kappa shape index (κ3) is 2.45. The van der Waals surface area contributed by atoms with Crippen molar-refractivity contribution < 1.29 is 4.79 Å². The Morgan fingerprint density at radius 2 is 2.40 bits per heavy atom. The Kier molecular flexibility index (Phi) is 3.54. The van der Waals surface area contributed by atoms with Gasteiger partial charge in [-0.15, -0.1) is 0 Å². The average molecular weight is 273 g/mol. The van der Waals surface area contributed by atoms with Crippen molar-refractivity contribution in [1.29, 1.82) is 0 Å². The lowest BCUT2D eigenvalue weighted by molar-refractivity contribution is 0.161. The van der Waals surface area contributed by atoms with Crippen LogP contribution in [-0.4, -0.2) is 45.6 Å². The fourth-order valence-corrected chi connectivity index (χ4v) is 2.87. The van der Waals surface area contributed by atoms with Gasteiger partial charge in [0.05, 0.1) is 6.33 Å². The topological polar surface area (TPSA) is 63.1 Å². The lowest BCUT2D eigenvalue weighted by Crippen LogP contribution is -2.45. The number of aromatic nitrogens is 3. The Labute approximate surface area is 117 Å². The number of urea groups is 1. The van der Waals surface area contributed by atoms with Crippen LogP contribution in [0.1, 0.15) is 12.8 Å². The highest BCUT2D eigenvalue weighted by molar-refractivity contribution is 5.74. The monoisotopic (exact) mass is 273 g/mol. The zero-order valence-corrected chi connectivity index (χ0v) is 11.6. The van der Waals surface area contributed by atoms with E-state index >= 15 is 0 Å². The number of pyridine rings is 1. The summed E-state index contributed by atoms with van der Waals surface area (Å²) in [5, 5.41) is 2.70. The van der Waals surface area contributed by atoms with Gasteiger partial charge in [-0.1, -0.05) is 0 Å². The summed E-state index contributed by atoms with van der Waals surface area (Å²) in [6, 6.07) is 3.88. The minimum atomic E-state index is 0.0170. The van der Waals surface area contributed by atoms with E-state index < -0.39 is 0 Å². The van der Waals surface area contributed by atoms with E-state index in [1.165, 1.54) is 0 Å². The van der Waals surface area contributed by atoms with Crippen LogP contribution in [-0.2, 0) is 6.54 Å². The molecule has 3 rings (SSSR count). The second kappa shape index (κ2) is 5.48. The van der Waals surface area contributed by atoms with Crippen LogP contribution in [0.2, 0.25) is 0 Å². The van der Waals surface area contributed by atoms with Crippen molar-refractivity contribution in [2.75, 3.05) is 20.1 Å². The molecule has 1 fully saturated rings. The number of nitrogens with zero attached hydrogens (tertiary/aromatic N) is 4. The van der Waals surface area contributed by atoms with Crippen molar-refractivity contribution in [3.8, 4) is 0 Å². The van der Waals surface area contributed by atoms with Crippen LogP contribution in [0.15, 0.2) is 24.7 Å². The molecule has 0 bridgehead atoms. The quantitative estimate of drug-likeness (QED) is 0.901. The lowest BCUT2D eigenvalue weighted by atomic mass is 9.98. The minimum Gasteiger partial charge on any atom is -0.341 e. The van der Waals surface area contributed by atoms with E-state index in [9.17, 15) is 4.79 Å². The van der Waals surface area contributed by atoms with E-state index in [4.69, 9.17) is 0 Å². The number of rotatable bonds is 2. The summed E-state index contributed by atoms with van der Waals surface area (Å²) in [6.45, 7) is 2.51. The Hall–Kier alpha value is -2.11. The smallest absolute Gasteiger partial charge is 0.317 e. The maximum Gasteiger partial charge on any atom is 0.317 e. The Morgan fingerprint density at radius 1 is 1.50 bits per heavy atom. The first kappa shape index (κ1) is 12.9. The average Bonchev–Trinajstić information content (AvgIpc) is 2.90. The molecule has 0 radical (unpaired) electrons. The van der Waals surface area contributed by atoms with Gasteiger partial charge in [0, 0.05) is 32.9 Å². The number of piperidine rings is 1. The van der Waals surface area contributed by atoms with Crippen LogP contribution in [0, 0.1) is 5.92 Å². The van der Waals surface area contributed by atoms with Crippen LogP contribution >= 0.6 is 0 Å². The van der Waals surface area contributed by atoms with Gasteiger partial charge in [-0.25, -0.2) is 14.8 Å². The summed E-state index contributed by atoms with van der Waals surface area (Å²) in [6.07, 6.45) is 5.83. The summed E-state index contributed by atoms with van der Waals surface area (Å²) < 4.78 is 2.09. The van der Waals surface area contributed by atoms with Crippen LogP contribution in [0.3, 0.4) is 0 Å². The molecule has 1 aliphatic heterocycles. The molecule has 3 heterocycles. The number of amides is 2. The number of imidazole rings is 1. The fourth-order valence-electron chi connectivity index (χ4n) is 2.87. The van der Waals surface area contributed by atoms with Gasteiger partial charge in [0.1, 0.15) is 5.52 Å². The normalized spacial score (nSPS) is 19.2. The number of likely N-dealkylation sites (tertiary alicyclic amines) is 1. The standard InChI is InChI=1S/C14H19N5O/c1-15-14(20)18-7-3-4-11(8-18)9-19-10-17-12-5-2-6-16-13(12)19/h2,5-6,10-11H,3-4,7-9H2,1H3,(H,15,20). The molecule has 0 spiro atoms. The van der Waals surface area contributed by atoms with Gasteiger partial charge in [-0.3, -0.25) is 0 Å². The predicted molar refractivity (Wildman–Crippen MR) is 76.3 cm³/mol. The van der Waals surface area contributed by atoms with E-state index in [1.54, 1.807) is 13.2 Å². The van der Waals surface area contributed by atoms with Crippen LogP contribution in [0.5, 0.6) is 0 Å². The molecule has 1 aliphatic rings. The van der Waals surface area contributed by atoms with Crippen LogP contribution < -0.4 is 5.32 Å². The summed E-state index contributed by atoms with van der Waals surface area (Å²) in [4.78, 5) is 22.3. The molecule has 2 aromatic heterocycles. The number of hydrogen-bond acceptors (Lipinski definition) is 3. The lowest BCUT2D eigenvalue weighted by Gasteiger charge is -2.32. The number of carbonyl (C=O) groups is 1. The second-order valence-corrected chi connectivity index (χ2v) is 5.25. The van der Waals surface area contributed by atoms with E-state index in [2.05, 4.69) is 19.9 Å². The molecule has 6 nitrogen and oxygen atoms in total. The van der Waals surface area contributed by atoms with Crippen molar-refractivity contribution in [2.45, 2.75) is 19.4 Å². The van der Waals surface area contributed by atoms with Crippen molar-refractivity contribution in [3.05, 3.63) is 24.7 Å². The van der Waals surface area contributed by atoms with Gasteiger partial charge < -0.3 is 14.8 Å². The molecule has 1 atom stereocenters. The molecule has 0 saturated carbocycles. The molecule has 0 aliphatic carbocycles. The molecule has 2 amide bonds. The zero-order valence-electron chi connectivity index (χ0n) is 11.6. The largest absolute Gasteiger partial charge is 0.341 e. The summed E-state index contributed by atoms with van der Waals surface area (Å²) in [5.74, 6) is 0.459. The molecule has 6 heteroatoms. The van der Waals surface area contributed by atoms with Crippen molar-refractivity contribution in [3.63, 3.8) is 0 Å². The number of fused-ring (bicyclic) bond motifs is 1. The maximum absolute atomic E-state index is 11.7. The first-order valence-electron chi connectivity index (χ1n) is 7.00. The molecule has 1 saturated heterocycles. The van der Waals surface area contributed by atoms with Crippen LogP contribution in [0.25, 0.3) is 11.2 Å². The van der Waals surface area contributed by atoms with Crippen molar-refractivity contribution >= 4 is 17.2 Å². The fraction of sp³-hybridized carbons (Fsp3) is 0.500. The highest BCUT2D eigenvalue weighted by Gasteiger charge is 2.23. The maximum atomic E-state index is 11.7. The molecule has 2 aromatic rings. The van der Waals surface area contributed by atoms with E-state index in [0.717, 1.165) is 43.6 Å². The summed E-state index contributed by atoms with van der Waals surface area (Å²) in [5.41, 5.74) is 1.84. The molecular formula is C14H19N5O. The van der Waals surface area contributed by atoms with Crippen LogP contribution in [0.4, 0.5) is 4.79 Å². The first-order valence-corrected chi connectivity index (χ1v) is 7.00. The first-order chi connectivity index (χ1) is 9.78. The van der Waals surface area contributed by atoms with E-state index in [0.29, 0.717) is 5.92 Å². The highest BCUT2D eigenvalue weighted by atomic mass is 16.2. The molecule has 0 aromatic carbocycles. The Balaban J connectivity index is 1.72. The third-order valence-corrected chi connectivity index (χ3v) is 3.85. The third-order valence-electron chi connectivity index (χ3n) is 3.85. The predicted octanol–water partition coefficient (Wildman–Crippen LogP) is 1.48. The van der Waals surface area contributed by atoms with Gasteiger partial charge >= 0.3 is 6.03 Å². The Morgan fingerprint density at radius 3 is 3.25 bits per heavy atom. The molecule has 1 unspecified atom stereocenters. The van der Waals surface area contributed by atoms with E-state index in [1.807, 2.05) is 23.4 Å². The van der Waals surface area contributed by atoms with E-state index in [-0.39, 0.29) is 6.03 Å². The highest BCUT2D eigenvalue weighted by Crippen LogP contribution is 2.20.